The summed E-state index contributed by atoms with van der Waals surface area (Å²) in [7, 11) is 0. The summed E-state index contributed by atoms with van der Waals surface area (Å²) in [6.45, 7) is 1.35. The zero-order valence-electron chi connectivity index (χ0n) is 18.0. The number of carbonyl (C=O) groups is 1. The number of hydrazone groups is 1. The predicted octanol–water partition coefficient (Wildman–Crippen LogP) is 7.73. The van der Waals surface area contributed by atoms with Gasteiger partial charge in [-0.2, -0.15) is 10.1 Å². The normalized spacial score (nSPS) is 14.6. The Morgan fingerprint density at radius 1 is 0.917 bits per heavy atom. The Hall–Kier alpha value is -3.14. The predicted molar refractivity (Wildman–Crippen MR) is 127 cm³/mol. The highest BCUT2D eigenvalue weighted by molar-refractivity contribution is 6.36. The molecule has 4 rings (SSSR count). The molecule has 0 spiro atoms. The van der Waals surface area contributed by atoms with Gasteiger partial charge in [0.2, 0.25) is 5.82 Å². The van der Waals surface area contributed by atoms with E-state index in [2.05, 4.69) is 5.10 Å². The zero-order chi connectivity index (χ0) is 26.3. The molecule has 0 fully saturated rings. The van der Waals surface area contributed by atoms with Crippen molar-refractivity contribution in [1.82, 2.24) is 0 Å². The van der Waals surface area contributed by atoms with Crippen LogP contribution >= 0.6 is 34.8 Å². The van der Waals surface area contributed by atoms with Gasteiger partial charge in [0.1, 0.15) is 18.0 Å². The number of halogens is 8. The summed E-state index contributed by atoms with van der Waals surface area (Å²) in [6, 6.07) is 9.64. The SMILES string of the molecule is CC1=NN(c2c(F)c(F)c(F)c(F)c2F)C(=O)/C1=C\c1cc(Cl)cc(Cl)c1OCc1cccc(Cl)c1. The quantitative estimate of drug-likeness (QED) is 0.138. The van der Waals surface area contributed by atoms with Crippen molar-refractivity contribution in [3.8, 4) is 5.75 Å². The lowest BCUT2D eigenvalue weighted by atomic mass is 10.1. The summed E-state index contributed by atoms with van der Waals surface area (Å²) in [5.74, 6) is -12.2. The van der Waals surface area contributed by atoms with Gasteiger partial charge in [-0.05, 0) is 42.8 Å². The third-order valence-electron chi connectivity index (χ3n) is 5.07. The molecule has 0 N–H and O–H groups in total. The average molecular weight is 562 g/mol. The first-order chi connectivity index (χ1) is 17.0. The van der Waals surface area contributed by atoms with Crippen LogP contribution in [0.25, 0.3) is 6.08 Å². The van der Waals surface area contributed by atoms with E-state index in [1.807, 2.05) is 0 Å². The van der Waals surface area contributed by atoms with Gasteiger partial charge < -0.3 is 4.74 Å². The van der Waals surface area contributed by atoms with E-state index in [0.717, 1.165) is 0 Å². The van der Waals surface area contributed by atoms with Crippen LogP contribution in [0.3, 0.4) is 0 Å². The summed E-state index contributed by atoms with van der Waals surface area (Å²) in [5, 5.41) is 4.56. The van der Waals surface area contributed by atoms with Crippen molar-refractivity contribution in [3.63, 3.8) is 0 Å². The van der Waals surface area contributed by atoms with Gasteiger partial charge in [-0.15, -0.1) is 0 Å². The van der Waals surface area contributed by atoms with Crippen LogP contribution in [0.15, 0.2) is 47.1 Å². The number of amides is 1. The fourth-order valence-corrected chi connectivity index (χ4v) is 4.17. The second-order valence-corrected chi connectivity index (χ2v) is 8.78. The van der Waals surface area contributed by atoms with Crippen molar-refractivity contribution in [1.29, 1.82) is 0 Å². The van der Waals surface area contributed by atoms with Crippen LogP contribution in [0.1, 0.15) is 18.1 Å². The molecule has 3 aromatic carbocycles. The third-order valence-corrected chi connectivity index (χ3v) is 5.80. The van der Waals surface area contributed by atoms with E-state index >= 15 is 0 Å². The van der Waals surface area contributed by atoms with Crippen molar-refractivity contribution in [2.24, 2.45) is 5.10 Å². The fraction of sp³-hybridized carbons (Fsp3) is 0.0833. The molecule has 1 aliphatic rings. The van der Waals surface area contributed by atoms with Crippen LogP contribution in [-0.2, 0) is 11.4 Å². The first kappa shape index (κ1) is 25.9. The van der Waals surface area contributed by atoms with Gasteiger partial charge >= 0.3 is 0 Å². The summed E-state index contributed by atoms with van der Waals surface area (Å²) in [6.07, 6.45) is 1.23. The zero-order valence-corrected chi connectivity index (χ0v) is 20.3. The van der Waals surface area contributed by atoms with Gasteiger partial charge in [0.05, 0.1) is 16.3 Å². The van der Waals surface area contributed by atoms with Crippen molar-refractivity contribution in [3.05, 3.63) is 97.3 Å². The van der Waals surface area contributed by atoms with Crippen molar-refractivity contribution < 1.29 is 31.5 Å². The van der Waals surface area contributed by atoms with Gasteiger partial charge in [0.25, 0.3) is 5.91 Å². The molecule has 4 nitrogen and oxygen atoms in total. The number of ether oxygens (including phenoxy) is 1. The van der Waals surface area contributed by atoms with E-state index in [0.29, 0.717) is 10.6 Å². The number of anilines is 1. The maximum Gasteiger partial charge on any atom is 0.280 e. The maximum atomic E-state index is 14.3. The molecule has 1 heterocycles. The molecular weight excluding hydrogens is 550 g/mol. The largest absolute Gasteiger partial charge is 0.487 e. The number of hydrogen-bond donors (Lipinski definition) is 0. The number of hydrogen-bond acceptors (Lipinski definition) is 3. The number of rotatable bonds is 5. The molecule has 0 saturated heterocycles. The van der Waals surface area contributed by atoms with E-state index in [-0.39, 0.29) is 44.3 Å². The van der Waals surface area contributed by atoms with Gasteiger partial charge in [0, 0.05) is 15.6 Å². The molecule has 36 heavy (non-hydrogen) atoms. The lowest BCUT2D eigenvalue weighted by molar-refractivity contribution is -0.114. The summed E-state index contributed by atoms with van der Waals surface area (Å²) in [5.41, 5.74) is -0.877. The molecular formula is C24H12Cl3F5N2O2. The van der Waals surface area contributed by atoms with Gasteiger partial charge in [0.15, 0.2) is 23.3 Å². The van der Waals surface area contributed by atoms with E-state index in [1.54, 1.807) is 24.3 Å². The van der Waals surface area contributed by atoms with E-state index in [4.69, 9.17) is 39.5 Å². The van der Waals surface area contributed by atoms with Gasteiger partial charge in [-0.1, -0.05) is 46.9 Å². The first-order valence-electron chi connectivity index (χ1n) is 9.99. The Bertz CT molecular complexity index is 1450. The smallest absolute Gasteiger partial charge is 0.280 e. The summed E-state index contributed by atoms with van der Waals surface area (Å²) >= 11 is 18.4. The fourth-order valence-electron chi connectivity index (χ4n) is 3.39. The number of benzene rings is 3. The minimum atomic E-state index is -2.35. The van der Waals surface area contributed by atoms with E-state index < -0.39 is 40.7 Å². The van der Waals surface area contributed by atoms with Crippen LogP contribution in [0.2, 0.25) is 15.1 Å². The molecule has 1 amide bonds. The van der Waals surface area contributed by atoms with Crippen LogP contribution in [-0.4, -0.2) is 11.6 Å². The Kier molecular flexibility index (Phi) is 7.26. The summed E-state index contributed by atoms with van der Waals surface area (Å²) < 4.78 is 75.3. The Morgan fingerprint density at radius 3 is 2.19 bits per heavy atom. The molecule has 0 bridgehead atoms. The second kappa shape index (κ2) is 10.1. The van der Waals surface area contributed by atoms with Crippen molar-refractivity contribution >= 4 is 58.2 Å². The van der Waals surface area contributed by atoms with Crippen molar-refractivity contribution in [2.45, 2.75) is 13.5 Å². The molecule has 1 aliphatic heterocycles. The topological polar surface area (TPSA) is 41.9 Å². The van der Waals surface area contributed by atoms with Crippen LogP contribution in [0.4, 0.5) is 27.6 Å². The number of carbonyl (C=O) groups excluding carboxylic acids is 1. The first-order valence-corrected chi connectivity index (χ1v) is 11.1. The molecule has 12 heteroatoms. The lowest BCUT2D eigenvalue weighted by Gasteiger charge is -2.15. The van der Waals surface area contributed by atoms with Crippen LogP contribution in [0.5, 0.6) is 5.75 Å². The van der Waals surface area contributed by atoms with Gasteiger partial charge in [-0.25, -0.2) is 22.0 Å². The monoisotopic (exact) mass is 560 g/mol. The molecule has 0 atom stereocenters. The minimum Gasteiger partial charge on any atom is -0.487 e. The standard InChI is InChI=1S/C24H12Cl3F5N2O2/c1-10-15(24(35)34(33-10)22-20(31)18(29)17(28)19(30)21(22)32)7-12-6-14(26)8-16(27)23(12)36-9-11-3-2-4-13(25)5-11/h2-8H,9H2,1H3/b15-7-. The highest BCUT2D eigenvalue weighted by Crippen LogP contribution is 2.37. The minimum absolute atomic E-state index is 0.0375. The molecule has 186 valence electrons. The van der Waals surface area contributed by atoms with Crippen LogP contribution < -0.4 is 9.75 Å². The van der Waals surface area contributed by atoms with E-state index in [1.165, 1.54) is 25.1 Å². The number of nitrogens with zero attached hydrogens (tertiary/aromatic N) is 2. The second-order valence-electron chi connectivity index (χ2n) is 7.50. The maximum absolute atomic E-state index is 14.3. The van der Waals surface area contributed by atoms with Crippen molar-refractivity contribution in [2.75, 3.05) is 5.01 Å². The highest BCUT2D eigenvalue weighted by atomic mass is 35.5. The molecule has 0 saturated carbocycles. The molecule has 0 aromatic heterocycles. The molecule has 3 aromatic rings. The third kappa shape index (κ3) is 4.78. The Labute approximate surface area is 216 Å². The van der Waals surface area contributed by atoms with E-state index in [9.17, 15) is 26.7 Å². The highest BCUT2D eigenvalue weighted by Gasteiger charge is 2.37. The molecule has 0 unspecified atom stereocenters. The van der Waals surface area contributed by atoms with Gasteiger partial charge in [-0.3, -0.25) is 4.79 Å². The lowest BCUT2D eigenvalue weighted by Crippen LogP contribution is -2.25. The molecule has 0 aliphatic carbocycles. The average Bonchev–Trinajstić information content (AvgIpc) is 3.09. The molecule has 0 radical (unpaired) electrons. The van der Waals surface area contributed by atoms with Crippen LogP contribution in [0, 0.1) is 29.1 Å². The Morgan fingerprint density at radius 2 is 1.56 bits per heavy atom. The Balaban J connectivity index is 1.74. The summed E-state index contributed by atoms with van der Waals surface area (Å²) in [4.78, 5) is 13.0.